The van der Waals surface area contributed by atoms with Gasteiger partial charge >= 0.3 is 6.18 Å². The highest BCUT2D eigenvalue weighted by Gasteiger charge is 2.29. The molecule has 0 amide bonds. The van der Waals surface area contributed by atoms with E-state index in [-0.39, 0.29) is 0 Å². The van der Waals surface area contributed by atoms with Gasteiger partial charge in [-0.05, 0) is 17.7 Å². The van der Waals surface area contributed by atoms with Crippen LogP contribution in [0.3, 0.4) is 0 Å². The fourth-order valence-electron chi connectivity index (χ4n) is 1.62. The van der Waals surface area contributed by atoms with E-state index in [0.717, 1.165) is 36.4 Å². The molecule has 0 bridgehead atoms. The first kappa shape index (κ1) is 14.0. The summed E-state index contributed by atoms with van der Waals surface area (Å²) in [6.45, 7) is 1.31. The Kier molecular flexibility index (Phi) is 4.55. The van der Waals surface area contributed by atoms with Crippen LogP contribution in [0.15, 0.2) is 35.2 Å². The van der Waals surface area contributed by atoms with E-state index in [1.165, 1.54) is 12.1 Å². The van der Waals surface area contributed by atoms with Crippen molar-refractivity contribution in [2.45, 2.75) is 19.1 Å². The van der Waals surface area contributed by atoms with Gasteiger partial charge in [-0.25, -0.2) is 4.98 Å². The van der Waals surface area contributed by atoms with Crippen molar-refractivity contribution in [1.82, 2.24) is 10.3 Å². The monoisotopic (exact) mass is 286 g/mol. The van der Waals surface area contributed by atoms with Gasteiger partial charge in [-0.3, -0.25) is 0 Å². The number of rotatable bonds is 5. The third kappa shape index (κ3) is 4.33. The number of benzene rings is 1. The van der Waals surface area contributed by atoms with Gasteiger partial charge in [0, 0.05) is 24.9 Å². The van der Waals surface area contributed by atoms with Crippen molar-refractivity contribution in [2.24, 2.45) is 0 Å². The molecule has 0 fully saturated rings. The van der Waals surface area contributed by atoms with Gasteiger partial charge in [0.1, 0.15) is 0 Å². The average Bonchev–Trinajstić information content (AvgIpc) is 2.87. The fourth-order valence-corrected chi connectivity index (χ4v) is 2.21. The van der Waals surface area contributed by atoms with E-state index in [0.29, 0.717) is 6.54 Å². The summed E-state index contributed by atoms with van der Waals surface area (Å²) in [4.78, 5) is 4.15. The van der Waals surface area contributed by atoms with E-state index in [9.17, 15) is 13.2 Å². The molecule has 2 rings (SSSR count). The van der Waals surface area contributed by atoms with E-state index in [1.54, 1.807) is 16.8 Å². The molecule has 0 unspecified atom stereocenters. The number of hydrogen-bond donors (Lipinski definition) is 1. The second kappa shape index (κ2) is 6.16. The summed E-state index contributed by atoms with van der Waals surface area (Å²) in [5, 5.41) is 5.17. The van der Waals surface area contributed by atoms with Crippen LogP contribution in [-0.2, 0) is 19.1 Å². The third-order valence-electron chi connectivity index (χ3n) is 2.65. The van der Waals surface area contributed by atoms with E-state index in [1.807, 2.05) is 5.38 Å². The van der Waals surface area contributed by atoms with Crippen molar-refractivity contribution < 1.29 is 13.2 Å². The van der Waals surface area contributed by atoms with Crippen LogP contribution in [0.2, 0.25) is 0 Å². The zero-order valence-corrected chi connectivity index (χ0v) is 10.9. The van der Waals surface area contributed by atoms with Crippen LogP contribution in [0.25, 0.3) is 0 Å². The van der Waals surface area contributed by atoms with Gasteiger partial charge < -0.3 is 5.32 Å². The highest BCUT2D eigenvalue weighted by molar-refractivity contribution is 7.07. The molecule has 0 saturated heterocycles. The van der Waals surface area contributed by atoms with Gasteiger partial charge in [-0.1, -0.05) is 12.1 Å². The maximum absolute atomic E-state index is 12.4. The van der Waals surface area contributed by atoms with Crippen LogP contribution >= 0.6 is 11.3 Å². The van der Waals surface area contributed by atoms with Crippen LogP contribution in [0.4, 0.5) is 13.2 Å². The van der Waals surface area contributed by atoms with Gasteiger partial charge in [-0.15, -0.1) is 11.3 Å². The summed E-state index contributed by atoms with van der Waals surface area (Å²) in [7, 11) is 0. The molecule has 2 nitrogen and oxygen atoms in total. The lowest BCUT2D eigenvalue weighted by Crippen LogP contribution is -2.17. The lowest BCUT2D eigenvalue weighted by Gasteiger charge is -2.08. The molecule has 2 aromatic rings. The predicted molar refractivity (Wildman–Crippen MR) is 69.0 cm³/mol. The highest BCUT2D eigenvalue weighted by Crippen LogP contribution is 2.28. The summed E-state index contributed by atoms with van der Waals surface area (Å²) in [5.74, 6) is 0. The third-order valence-corrected chi connectivity index (χ3v) is 3.29. The van der Waals surface area contributed by atoms with Crippen molar-refractivity contribution in [3.05, 3.63) is 52.0 Å². The summed E-state index contributed by atoms with van der Waals surface area (Å²) < 4.78 is 37.1. The smallest absolute Gasteiger partial charge is 0.312 e. The first-order chi connectivity index (χ1) is 9.05. The van der Waals surface area contributed by atoms with Crippen molar-refractivity contribution in [1.29, 1.82) is 0 Å². The summed E-state index contributed by atoms with van der Waals surface area (Å²) >= 11 is 1.55. The standard InChI is InChI=1S/C13H13F3N2S/c14-13(15,16)11-3-1-10(2-4-11)7-17-6-5-12-8-19-9-18-12/h1-4,8-9,17H,5-7H2. The molecule has 19 heavy (non-hydrogen) atoms. The van der Waals surface area contributed by atoms with Crippen LogP contribution in [0, 0.1) is 0 Å². The van der Waals surface area contributed by atoms with Gasteiger partial charge in [-0.2, -0.15) is 13.2 Å². The fraction of sp³-hybridized carbons (Fsp3) is 0.308. The zero-order chi connectivity index (χ0) is 13.7. The number of nitrogens with zero attached hydrogens (tertiary/aromatic N) is 1. The Morgan fingerprint density at radius 3 is 2.47 bits per heavy atom. The quantitative estimate of drug-likeness (QED) is 0.851. The molecule has 1 heterocycles. The van der Waals surface area contributed by atoms with E-state index in [4.69, 9.17) is 0 Å². The van der Waals surface area contributed by atoms with Gasteiger partial charge in [0.2, 0.25) is 0 Å². The minimum absolute atomic E-state index is 0.558. The van der Waals surface area contributed by atoms with E-state index in [2.05, 4.69) is 10.3 Å². The Labute approximate surface area is 113 Å². The molecule has 1 aromatic heterocycles. The van der Waals surface area contributed by atoms with E-state index >= 15 is 0 Å². The second-order valence-electron chi connectivity index (χ2n) is 4.10. The molecule has 1 aromatic carbocycles. The number of alkyl halides is 3. The minimum Gasteiger partial charge on any atom is -0.312 e. The van der Waals surface area contributed by atoms with Crippen molar-refractivity contribution in [2.75, 3.05) is 6.54 Å². The van der Waals surface area contributed by atoms with Crippen molar-refractivity contribution >= 4 is 11.3 Å². The van der Waals surface area contributed by atoms with Gasteiger partial charge in [0.25, 0.3) is 0 Å². The molecular formula is C13H13F3N2S. The number of nitrogens with one attached hydrogen (secondary N) is 1. The SMILES string of the molecule is FC(F)(F)c1ccc(CNCCc2cscn2)cc1. The molecule has 6 heteroatoms. The molecule has 0 aliphatic rings. The number of aromatic nitrogens is 1. The Hall–Kier alpha value is -1.40. The molecule has 0 atom stereocenters. The Morgan fingerprint density at radius 1 is 1.16 bits per heavy atom. The number of hydrogen-bond acceptors (Lipinski definition) is 3. The zero-order valence-electron chi connectivity index (χ0n) is 10.1. The number of thiazole rings is 1. The topological polar surface area (TPSA) is 24.9 Å². The first-order valence-corrected chi connectivity index (χ1v) is 6.74. The molecule has 0 radical (unpaired) electrons. The van der Waals surface area contributed by atoms with Crippen LogP contribution in [0.5, 0.6) is 0 Å². The lowest BCUT2D eigenvalue weighted by atomic mass is 10.1. The lowest BCUT2D eigenvalue weighted by molar-refractivity contribution is -0.137. The van der Waals surface area contributed by atoms with E-state index < -0.39 is 11.7 Å². The molecule has 0 aliphatic heterocycles. The molecule has 1 N–H and O–H groups in total. The summed E-state index contributed by atoms with van der Waals surface area (Å²) in [6.07, 6.45) is -3.44. The van der Waals surface area contributed by atoms with Gasteiger partial charge in [0.05, 0.1) is 16.8 Å². The molecule has 102 valence electrons. The van der Waals surface area contributed by atoms with Crippen molar-refractivity contribution in [3.8, 4) is 0 Å². The molecule has 0 saturated carbocycles. The Balaban J connectivity index is 1.77. The first-order valence-electron chi connectivity index (χ1n) is 5.79. The summed E-state index contributed by atoms with van der Waals surface area (Å²) in [6, 6.07) is 5.21. The van der Waals surface area contributed by atoms with Crippen LogP contribution in [0.1, 0.15) is 16.8 Å². The van der Waals surface area contributed by atoms with Gasteiger partial charge in [0.15, 0.2) is 0 Å². The molecule has 0 aliphatic carbocycles. The Bertz CT molecular complexity index is 492. The summed E-state index contributed by atoms with van der Waals surface area (Å²) in [5.41, 5.74) is 3.04. The second-order valence-corrected chi connectivity index (χ2v) is 4.82. The predicted octanol–water partition coefficient (Wildman–Crippen LogP) is 3.49. The Morgan fingerprint density at radius 2 is 1.89 bits per heavy atom. The van der Waals surface area contributed by atoms with Crippen molar-refractivity contribution in [3.63, 3.8) is 0 Å². The minimum atomic E-state index is -4.27. The maximum atomic E-state index is 12.4. The number of halogens is 3. The van der Waals surface area contributed by atoms with Crippen LogP contribution in [-0.4, -0.2) is 11.5 Å². The highest BCUT2D eigenvalue weighted by atomic mass is 32.1. The average molecular weight is 286 g/mol. The normalized spacial score (nSPS) is 11.7. The van der Waals surface area contributed by atoms with Crippen LogP contribution < -0.4 is 5.32 Å². The maximum Gasteiger partial charge on any atom is 0.416 e. The molecular weight excluding hydrogens is 273 g/mol. The molecule has 0 spiro atoms. The largest absolute Gasteiger partial charge is 0.416 e.